The van der Waals surface area contributed by atoms with E-state index in [9.17, 15) is 39.6 Å². The average Bonchev–Trinajstić information content (AvgIpc) is 2.66. The maximum atomic E-state index is 9.65. The van der Waals surface area contributed by atoms with Crippen LogP contribution in [-0.4, -0.2) is 71.1 Å². The van der Waals surface area contributed by atoms with Gasteiger partial charge in [0.05, 0.1) is 48.0 Å². The Hall–Kier alpha value is 0.367. The van der Waals surface area contributed by atoms with Crippen LogP contribution in [0.1, 0.15) is 0 Å². The summed E-state index contributed by atoms with van der Waals surface area (Å²) in [4.78, 5) is 38.6. The van der Waals surface area contributed by atoms with Gasteiger partial charge in [-0.1, -0.05) is 0 Å². The minimum absolute atomic E-state index is 0. The van der Waals surface area contributed by atoms with E-state index in [2.05, 4.69) is 50.5 Å². The van der Waals surface area contributed by atoms with Crippen molar-refractivity contribution < 1.29 is 78.6 Å². The fourth-order valence-electron chi connectivity index (χ4n) is 0.298. The van der Waals surface area contributed by atoms with Gasteiger partial charge in [-0.25, -0.2) is 0 Å². The second-order valence-corrected chi connectivity index (χ2v) is 5.89. The standard InChI is InChI=1S/4C3H7NO2S.2Zn/c4*4-2(1-7)3(5)6;;/h4*2,7H,1,4H2,(H,5,6);;/q;;;;2*+2/p-4/t4*2-;;/m0000../s1. The van der Waals surface area contributed by atoms with Gasteiger partial charge in [-0.05, 0) is 0 Å². The monoisotopic (exact) mass is 608 g/mol. The number of nitrogens with two attached hydrogens (primary N) is 4. The molecule has 0 aliphatic carbocycles. The number of rotatable bonds is 8. The Balaban J connectivity index is -0.0000000626. The number of hydrogen-bond donors (Lipinski definition) is 8. The maximum absolute atomic E-state index is 9.65. The van der Waals surface area contributed by atoms with E-state index >= 15 is 0 Å². The molecule has 0 spiro atoms. The van der Waals surface area contributed by atoms with Crippen LogP contribution in [0.2, 0.25) is 0 Å². The first-order valence-electron chi connectivity index (χ1n) is 7.02. The van der Waals surface area contributed by atoms with Crippen LogP contribution in [0.25, 0.3) is 0 Å². The Kier molecular flexibility index (Phi) is 43.2. The number of hydrogen-bond acceptors (Lipinski definition) is 16. The first-order chi connectivity index (χ1) is 12.7. The quantitative estimate of drug-likeness (QED) is 0.0940. The molecule has 168 valence electrons. The second-order valence-electron chi connectivity index (χ2n) is 4.43. The molecule has 30 heavy (non-hydrogen) atoms. The number of carboxylic acid groups (broad SMARTS) is 4. The van der Waals surface area contributed by atoms with E-state index in [1.54, 1.807) is 0 Å². The van der Waals surface area contributed by atoms with Gasteiger partial charge in [0.2, 0.25) is 0 Å². The zero-order valence-electron chi connectivity index (χ0n) is 15.9. The van der Waals surface area contributed by atoms with Gasteiger partial charge in [-0.15, -0.1) is 0 Å². The van der Waals surface area contributed by atoms with Crippen molar-refractivity contribution in [3.8, 4) is 0 Å². The first-order valence-corrected chi connectivity index (χ1v) is 9.55. The molecule has 0 aliphatic heterocycles. The van der Waals surface area contributed by atoms with Gasteiger partial charge >= 0.3 is 39.0 Å². The van der Waals surface area contributed by atoms with Crippen LogP contribution in [-0.2, 0) is 58.1 Å². The molecule has 0 aromatic rings. The summed E-state index contributed by atoms with van der Waals surface area (Å²) in [5.74, 6) is -4.51. The summed E-state index contributed by atoms with van der Waals surface area (Å²) in [5, 5.41) is 38.6. The number of carbonyl (C=O) groups excluding carboxylic acids is 4. The molecule has 0 rings (SSSR count). The van der Waals surface area contributed by atoms with Gasteiger partial charge in [0, 0.05) is 23.0 Å². The third kappa shape index (κ3) is 35.8. The number of aliphatic carboxylic acids is 4. The Morgan fingerprint density at radius 1 is 0.500 bits per heavy atom. The van der Waals surface area contributed by atoms with Gasteiger partial charge in [-0.3, -0.25) is 0 Å². The molecule has 0 unspecified atom stereocenters. The molecule has 0 saturated heterocycles. The van der Waals surface area contributed by atoms with Gasteiger partial charge in [0.1, 0.15) is 0 Å². The van der Waals surface area contributed by atoms with Crippen LogP contribution in [0.15, 0.2) is 0 Å². The summed E-state index contributed by atoms with van der Waals surface area (Å²) in [6, 6.07) is -3.71. The molecule has 0 saturated carbocycles. The molecule has 0 fully saturated rings. The van der Waals surface area contributed by atoms with Gasteiger partial charge in [0.25, 0.3) is 0 Å². The Bertz CT molecular complexity index is 392. The molecule has 0 radical (unpaired) electrons. The van der Waals surface area contributed by atoms with E-state index in [1.807, 2.05) is 0 Å². The third-order valence-corrected chi connectivity index (χ3v) is 3.57. The van der Waals surface area contributed by atoms with Crippen LogP contribution < -0.4 is 43.4 Å². The summed E-state index contributed by atoms with van der Waals surface area (Å²) in [5.41, 5.74) is 19.5. The number of carbonyl (C=O) groups is 4. The van der Waals surface area contributed by atoms with Crippen molar-refractivity contribution >= 4 is 74.4 Å². The molecule has 8 N–H and O–H groups in total. The largest absolute Gasteiger partial charge is 2.00 e. The number of carboxylic acids is 4. The molecule has 0 amide bonds. The normalized spacial score (nSPS) is 12.5. The molecule has 0 aromatic heterocycles. The SMILES string of the molecule is N[C@@H](CS)C(=O)[O-].N[C@@H](CS)C(=O)[O-].N[C@@H](CS)C(=O)[O-].N[C@@H](CS)C(=O)[O-].[Zn+2].[Zn+2]. The predicted octanol–water partition coefficient (Wildman–Crippen LogP) is -8.03. The van der Waals surface area contributed by atoms with E-state index < -0.39 is 48.0 Å². The van der Waals surface area contributed by atoms with E-state index in [1.165, 1.54) is 0 Å². The molecular formula is C12H24N4O8S4Zn2. The minimum Gasteiger partial charge on any atom is -0.548 e. The van der Waals surface area contributed by atoms with Crippen molar-refractivity contribution in [2.24, 2.45) is 22.9 Å². The van der Waals surface area contributed by atoms with E-state index in [0.717, 1.165) is 0 Å². The van der Waals surface area contributed by atoms with E-state index in [-0.39, 0.29) is 62.0 Å². The van der Waals surface area contributed by atoms with Crippen molar-refractivity contribution in [3.05, 3.63) is 0 Å². The Morgan fingerprint density at radius 2 is 0.600 bits per heavy atom. The molecule has 0 aliphatic rings. The summed E-state index contributed by atoms with van der Waals surface area (Å²) >= 11 is 14.4. The average molecular weight is 611 g/mol. The van der Waals surface area contributed by atoms with Crippen LogP contribution in [0, 0.1) is 0 Å². The van der Waals surface area contributed by atoms with Crippen molar-refractivity contribution in [1.82, 2.24) is 0 Å². The van der Waals surface area contributed by atoms with Gasteiger partial charge in [0.15, 0.2) is 0 Å². The van der Waals surface area contributed by atoms with Crippen LogP contribution in [0.3, 0.4) is 0 Å². The Labute approximate surface area is 221 Å². The minimum atomic E-state index is -1.25. The zero-order valence-corrected chi connectivity index (χ0v) is 25.4. The van der Waals surface area contributed by atoms with Gasteiger partial charge < -0.3 is 62.5 Å². The third-order valence-electron chi connectivity index (χ3n) is 2.00. The van der Waals surface area contributed by atoms with Crippen molar-refractivity contribution in [3.63, 3.8) is 0 Å². The molecule has 0 bridgehead atoms. The van der Waals surface area contributed by atoms with Crippen molar-refractivity contribution in [1.29, 1.82) is 0 Å². The molecule has 12 nitrogen and oxygen atoms in total. The Morgan fingerprint density at radius 3 is 0.600 bits per heavy atom. The fourth-order valence-corrected chi connectivity index (χ4v) is 0.894. The molecule has 0 aromatic carbocycles. The van der Waals surface area contributed by atoms with Crippen molar-refractivity contribution in [2.75, 3.05) is 23.0 Å². The predicted molar refractivity (Wildman–Crippen MR) is 107 cm³/mol. The molecule has 18 heteroatoms. The fraction of sp³-hybridized carbons (Fsp3) is 0.667. The zero-order chi connectivity index (χ0) is 23.4. The summed E-state index contributed by atoms with van der Waals surface area (Å²) in [6.45, 7) is 0. The second kappa shape index (κ2) is 29.4. The van der Waals surface area contributed by atoms with Crippen LogP contribution >= 0.6 is 50.5 Å². The summed E-state index contributed by atoms with van der Waals surface area (Å²) in [6.07, 6.45) is 0. The summed E-state index contributed by atoms with van der Waals surface area (Å²) in [7, 11) is 0. The summed E-state index contributed by atoms with van der Waals surface area (Å²) < 4.78 is 0. The smallest absolute Gasteiger partial charge is 0.548 e. The number of thiol groups is 4. The molecular weight excluding hydrogens is 587 g/mol. The van der Waals surface area contributed by atoms with Crippen molar-refractivity contribution in [2.45, 2.75) is 24.2 Å². The molecule has 4 atom stereocenters. The maximum Gasteiger partial charge on any atom is 2.00 e. The first kappa shape index (κ1) is 44.1. The molecule has 0 heterocycles. The van der Waals surface area contributed by atoms with E-state index in [4.69, 9.17) is 22.9 Å². The van der Waals surface area contributed by atoms with E-state index in [0.29, 0.717) is 0 Å². The topological polar surface area (TPSA) is 265 Å². The van der Waals surface area contributed by atoms with Gasteiger partial charge in [-0.2, -0.15) is 50.5 Å². The van der Waals surface area contributed by atoms with Crippen LogP contribution in [0.5, 0.6) is 0 Å². The van der Waals surface area contributed by atoms with Crippen LogP contribution in [0.4, 0.5) is 0 Å².